The van der Waals surface area contributed by atoms with Gasteiger partial charge in [-0.2, -0.15) is 0 Å². The van der Waals surface area contributed by atoms with Crippen molar-refractivity contribution in [3.63, 3.8) is 0 Å². The molecule has 1 aliphatic carbocycles. The summed E-state index contributed by atoms with van der Waals surface area (Å²) in [5, 5.41) is 9.60. The van der Waals surface area contributed by atoms with E-state index in [4.69, 9.17) is 0 Å². The van der Waals surface area contributed by atoms with E-state index in [1.54, 1.807) is 0 Å². The molecule has 0 aromatic carbocycles. The lowest BCUT2D eigenvalue weighted by atomic mass is 9.65. The molecule has 0 aromatic rings. The molecule has 0 amide bonds. The summed E-state index contributed by atoms with van der Waals surface area (Å²) < 4.78 is 0. The largest absolute Gasteiger partial charge is 0.481 e. The summed E-state index contributed by atoms with van der Waals surface area (Å²) in [5.41, 5.74) is -0.187. The van der Waals surface area contributed by atoms with Crippen LogP contribution in [0.2, 0.25) is 0 Å². The Balaban J connectivity index is 2.72. The molecule has 0 spiro atoms. The van der Waals surface area contributed by atoms with Crippen molar-refractivity contribution in [2.24, 2.45) is 16.7 Å². The van der Waals surface area contributed by atoms with Crippen LogP contribution in [0.3, 0.4) is 0 Å². The van der Waals surface area contributed by atoms with Crippen LogP contribution < -0.4 is 0 Å². The first-order valence-electron chi connectivity index (χ1n) is 7.02. The van der Waals surface area contributed by atoms with Crippen molar-refractivity contribution >= 4 is 5.97 Å². The smallest absolute Gasteiger partial charge is 0.309 e. The predicted octanol–water partition coefficient (Wildman–Crippen LogP) is 4.48. The Morgan fingerprint density at radius 2 is 2.06 bits per heavy atom. The van der Waals surface area contributed by atoms with E-state index in [1.807, 2.05) is 0 Å². The van der Waals surface area contributed by atoms with Gasteiger partial charge in [0.15, 0.2) is 0 Å². The van der Waals surface area contributed by atoms with Gasteiger partial charge < -0.3 is 5.11 Å². The van der Waals surface area contributed by atoms with Gasteiger partial charge in [0.2, 0.25) is 0 Å². The van der Waals surface area contributed by atoms with Crippen LogP contribution in [0.25, 0.3) is 0 Å². The summed E-state index contributed by atoms with van der Waals surface area (Å²) in [4.78, 5) is 11.7. The fourth-order valence-electron chi connectivity index (χ4n) is 2.98. The number of carboxylic acid groups (broad SMARTS) is 1. The molecule has 0 saturated heterocycles. The Morgan fingerprint density at radius 3 is 2.53 bits per heavy atom. The van der Waals surface area contributed by atoms with Crippen LogP contribution in [-0.2, 0) is 4.79 Å². The first-order chi connectivity index (χ1) is 7.79. The maximum atomic E-state index is 11.7. The molecule has 1 N–H and O–H groups in total. The number of hydrogen-bond donors (Lipinski definition) is 1. The van der Waals surface area contributed by atoms with E-state index in [0.29, 0.717) is 5.92 Å². The molecule has 0 aliphatic heterocycles. The predicted molar refractivity (Wildman–Crippen MR) is 71.0 cm³/mol. The van der Waals surface area contributed by atoms with Gasteiger partial charge in [0.25, 0.3) is 0 Å². The zero-order valence-corrected chi connectivity index (χ0v) is 11.9. The Hall–Kier alpha value is -0.530. The average Bonchev–Trinajstić information content (AvgIpc) is 2.25. The molecule has 0 radical (unpaired) electrons. The number of hydrogen-bond acceptors (Lipinski definition) is 1. The lowest BCUT2D eigenvalue weighted by Crippen LogP contribution is -2.37. The first-order valence-corrected chi connectivity index (χ1v) is 7.02. The quantitative estimate of drug-likeness (QED) is 0.786. The molecule has 2 nitrogen and oxygen atoms in total. The highest BCUT2D eigenvalue weighted by Crippen LogP contribution is 2.45. The summed E-state index contributed by atoms with van der Waals surface area (Å²) in [5.74, 6) is 0.0692. The number of rotatable bonds is 4. The molecule has 2 heteroatoms. The van der Waals surface area contributed by atoms with Crippen molar-refractivity contribution < 1.29 is 9.90 Å². The zero-order chi connectivity index (χ0) is 13.1. The fraction of sp³-hybridized carbons (Fsp3) is 0.933. The molecule has 1 fully saturated rings. The highest BCUT2D eigenvalue weighted by atomic mass is 16.4. The SMILES string of the molecule is CCC1CCCC(CCC(C)(C)C)(C(=O)O)C1. The van der Waals surface area contributed by atoms with Gasteiger partial charge in [-0.25, -0.2) is 0 Å². The van der Waals surface area contributed by atoms with Gasteiger partial charge in [0.1, 0.15) is 0 Å². The van der Waals surface area contributed by atoms with Gasteiger partial charge in [-0.05, 0) is 37.0 Å². The van der Waals surface area contributed by atoms with Gasteiger partial charge in [-0.15, -0.1) is 0 Å². The van der Waals surface area contributed by atoms with Gasteiger partial charge in [0.05, 0.1) is 5.41 Å². The third-order valence-corrected chi connectivity index (χ3v) is 4.33. The van der Waals surface area contributed by atoms with Crippen LogP contribution in [0, 0.1) is 16.7 Å². The summed E-state index contributed by atoms with van der Waals surface area (Å²) in [6, 6.07) is 0. The molecule has 17 heavy (non-hydrogen) atoms. The highest BCUT2D eigenvalue weighted by Gasteiger charge is 2.42. The Morgan fingerprint density at radius 1 is 1.41 bits per heavy atom. The van der Waals surface area contributed by atoms with Gasteiger partial charge >= 0.3 is 5.97 Å². The van der Waals surface area contributed by atoms with E-state index >= 15 is 0 Å². The zero-order valence-electron chi connectivity index (χ0n) is 11.9. The molecule has 1 saturated carbocycles. The minimum absolute atomic E-state index is 0.238. The second-order valence-electron chi connectivity index (χ2n) is 7.02. The topological polar surface area (TPSA) is 37.3 Å². The van der Waals surface area contributed by atoms with Gasteiger partial charge in [-0.3, -0.25) is 4.79 Å². The minimum atomic E-state index is -0.556. The first kappa shape index (κ1) is 14.5. The van der Waals surface area contributed by atoms with Crippen molar-refractivity contribution in [1.82, 2.24) is 0 Å². The summed E-state index contributed by atoms with van der Waals surface area (Å²) >= 11 is 0. The van der Waals surface area contributed by atoms with Crippen LogP contribution >= 0.6 is 0 Å². The minimum Gasteiger partial charge on any atom is -0.481 e. The van der Waals surface area contributed by atoms with E-state index in [-0.39, 0.29) is 5.41 Å². The molecule has 0 aromatic heterocycles. The molecule has 0 bridgehead atoms. The van der Waals surface area contributed by atoms with Crippen molar-refractivity contribution in [3.05, 3.63) is 0 Å². The van der Waals surface area contributed by atoms with E-state index in [2.05, 4.69) is 27.7 Å². The second kappa shape index (κ2) is 5.41. The van der Waals surface area contributed by atoms with E-state index < -0.39 is 11.4 Å². The average molecular weight is 240 g/mol. The summed E-state index contributed by atoms with van der Waals surface area (Å²) in [6.07, 6.45) is 7.09. The molecular weight excluding hydrogens is 212 g/mol. The summed E-state index contributed by atoms with van der Waals surface area (Å²) in [6.45, 7) is 8.78. The fourth-order valence-corrected chi connectivity index (χ4v) is 2.98. The van der Waals surface area contributed by atoms with E-state index in [9.17, 15) is 9.90 Å². The van der Waals surface area contributed by atoms with Gasteiger partial charge in [-0.1, -0.05) is 47.0 Å². The van der Waals surface area contributed by atoms with Crippen LogP contribution in [0.5, 0.6) is 0 Å². The summed E-state index contributed by atoms with van der Waals surface area (Å²) in [7, 11) is 0. The normalized spacial score (nSPS) is 30.2. The lowest BCUT2D eigenvalue weighted by molar-refractivity contribution is -0.153. The highest BCUT2D eigenvalue weighted by molar-refractivity contribution is 5.74. The monoisotopic (exact) mass is 240 g/mol. The molecule has 100 valence electrons. The lowest BCUT2D eigenvalue weighted by Gasteiger charge is -2.39. The number of aliphatic carboxylic acids is 1. The molecule has 0 heterocycles. The van der Waals surface area contributed by atoms with Crippen LogP contribution in [0.4, 0.5) is 0 Å². The Kier molecular flexibility index (Phi) is 4.62. The third-order valence-electron chi connectivity index (χ3n) is 4.33. The van der Waals surface area contributed by atoms with Gasteiger partial charge in [0, 0.05) is 0 Å². The molecule has 2 atom stereocenters. The van der Waals surface area contributed by atoms with Crippen LogP contribution in [0.1, 0.15) is 72.6 Å². The third kappa shape index (κ3) is 4.01. The van der Waals surface area contributed by atoms with Crippen molar-refractivity contribution in [3.8, 4) is 0 Å². The standard InChI is InChI=1S/C15H28O2/c1-5-12-7-6-8-15(11-12,13(16)17)10-9-14(2,3)4/h12H,5-11H2,1-4H3,(H,16,17). The van der Waals surface area contributed by atoms with Crippen molar-refractivity contribution in [2.75, 3.05) is 0 Å². The Bertz CT molecular complexity index is 265. The molecular formula is C15H28O2. The molecule has 2 unspecified atom stereocenters. The Labute approximate surface area is 106 Å². The van der Waals surface area contributed by atoms with Crippen LogP contribution in [0.15, 0.2) is 0 Å². The maximum absolute atomic E-state index is 11.7. The molecule has 1 rings (SSSR count). The maximum Gasteiger partial charge on any atom is 0.309 e. The van der Waals surface area contributed by atoms with Crippen LogP contribution in [-0.4, -0.2) is 11.1 Å². The second-order valence-corrected chi connectivity index (χ2v) is 7.02. The van der Waals surface area contributed by atoms with Crippen molar-refractivity contribution in [2.45, 2.75) is 72.6 Å². The van der Waals surface area contributed by atoms with E-state index in [0.717, 1.165) is 38.5 Å². The molecule has 1 aliphatic rings. The number of carbonyl (C=O) groups is 1. The number of carboxylic acids is 1. The van der Waals surface area contributed by atoms with Crippen molar-refractivity contribution in [1.29, 1.82) is 0 Å². The van der Waals surface area contributed by atoms with E-state index in [1.165, 1.54) is 6.42 Å².